The summed E-state index contributed by atoms with van der Waals surface area (Å²) in [5.74, 6) is 0.975. The molecule has 4 heteroatoms. The molecule has 0 atom stereocenters. The zero-order valence-corrected chi connectivity index (χ0v) is 10.2. The average molecular weight is 244 g/mol. The van der Waals surface area contributed by atoms with Crippen LogP contribution in [0.15, 0.2) is 48.5 Å². The molecule has 0 bridgehead atoms. The summed E-state index contributed by atoms with van der Waals surface area (Å²) < 4.78 is 5.12. The van der Waals surface area contributed by atoms with Gasteiger partial charge in [0.2, 0.25) is 0 Å². The van der Waals surface area contributed by atoms with Crippen LogP contribution in [0.1, 0.15) is 5.56 Å². The molecule has 0 aliphatic heterocycles. The Kier molecular flexibility index (Phi) is 4.04. The Bertz CT molecular complexity index is 500. The van der Waals surface area contributed by atoms with Crippen molar-refractivity contribution in [1.29, 1.82) is 0 Å². The molecule has 0 heterocycles. The molecule has 0 unspecified atom stereocenters. The summed E-state index contributed by atoms with van der Waals surface area (Å²) in [7, 11) is 1.60. The van der Waals surface area contributed by atoms with Crippen molar-refractivity contribution in [2.24, 2.45) is 0 Å². The van der Waals surface area contributed by atoms with Crippen molar-refractivity contribution in [3.8, 4) is 11.5 Å². The third kappa shape index (κ3) is 3.15. The second-order valence-electron chi connectivity index (χ2n) is 3.84. The van der Waals surface area contributed by atoms with Gasteiger partial charge in [-0.3, -0.25) is 0 Å². The van der Waals surface area contributed by atoms with Crippen molar-refractivity contribution >= 4 is 5.69 Å². The fraction of sp³-hybridized carbons (Fsp3) is 0.143. The topological polar surface area (TPSA) is 53.5 Å². The van der Waals surface area contributed by atoms with Crippen LogP contribution < -0.4 is 15.6 Å². The van der Waals surface area contributed by atoms with E-state index in [1.807, 2.05) is 30.3 Å². The number of anilines is 1. The van der Waals surface area contributed by atoms with Crippen LogP contribution in [0.4, 0.5) is 5.69 Å². The van der Waals surface area contributed by atoms with Gasteiger partial charge in [-0.15, -0.1) is 0 Å². The number of para-hydroxylation sites is 1. The van der Waals surface area contributed by atoms with E-state index < -0.39 is 0 Å². The largest absolute Gasteiger partial charge is 0.508 e. The first-order valence-electron chi connectivity index (χ1n) is 5.69. The van der Waals surface area contributed by atoms with Gasteiger partial charge in [0.05, 0.1) is 7.11 Å². The van der Waals surface area contributed by atoms with E-state index in [1.165, 1.54) is 0 Å². The maximum atomic E-state index is 9.70. The summed E-state index contributed by atoms with van der Waals surface area (Å²) in [5.41, 5.74) is 7.85. The summed E-state index contributed by atoms with van der Waals surface area (Å²) in [6.45, 7) is 0.498. The molecule has 3 N–H and O–H groups in total. The molecule has 2 rings (SSSR count). The fourth-order valence-electron chi connectivity index (χ4n) is 1.59. The van der Waals surface area contributed by atoms with Crippen molar-refractivity contribution in [3.63, 3.8) is 0 Å². The smallest absolute Gasteiger partial charge is 0.120 e. The Morgan fingerprint density at radius 3 is 2.61 bits per heavy atom. The zero-order valence-electron chi connectivity index (χ0n) is 10.2. The molecule has 0 saturated heterocycles. The third-order valence-electron chi connectivity index (χ3n) is 2.57. The minimum Gasteiger partial charge on any atom is -0.508 e. The number of phenols is 1. The summed E-state index contributed by atoms with van der Waals surface area (Å²) in [4.78, 5) is 0. The highest BCUT2D eigenvalue weighted by Gasteiger charge is 2.02. The molecule has 0 amide bonds. The first-order chi connectivity index (χ1) is 8.79. The molecule has 0 aromatic heterocycles. The molecule has 0 aliphatic carbocycles. The van der Waals surface area contributed by atoms with Gasteiger partial charge in [0.1, 0.15) is 11.5 Å². The number of hydrogen-bond acceptors (Lipinski definition) is 4. The standard InChI is InChI=1S/C14H16N2O2/c1-18-13-7-8-14(17)11(9-13)10-15-16-12-5-3-2-4-6-12/h2-9,15-17H,10H2,1H3. The summed E-state index contributed by atoms with van der Waals surface area (Å²) in [6.07, 6.45) is 0. The minimum absolute atomic E-state index is 0.248. The molecular weight excluding hydrogens is 228 g/mol. The van der Waals surface area contributed by atoms with Crippen LogP contribution in [0.25, 0.3) is 0 Å². The number of nitrogens with one attached hydrogen (secondary N) is 2. The van der Waals surface area contributed by atoms with Gasteiger partial charge in [0, 0.05) is 17.8 Å². The van der Waals surface area contributed by atoms with Crippen molar-refractivity contribution < 1.29 is 9.84 Å². The summed E-state index contributed by atoms with van der Waals surface area (Å²) >= 11 is 0. The highest BCUT2D eigenvalue weighted by Crippen LogP contribution is 2.22. The number of benzene rings is 2. The molecule has 0 fully saturated rings. The number of aromatic hydroxyl groups is 1. The van der Waals surface area contributed by atoms with Gasteiger partial charge in [0.25, 0.3) is 0 Å². The van der Waals surface area contributed by atoms with Crippen LogP contribution in [-0.2, 0) is 6.54 Å². The Labute approximate surface area is 106 Å². The Morgan fingerprint density at radius 2 is 1.89 bits per heavy atom. The van der Waals surface area contributed by atoms with Crippen LogP contribution >= 0.6 is 0 Å². The zero-order chi connectivity index (χ0) is 12.8. The van der Waals surface area contributed by atoms with Crippen LogP contribution in [0.3, 0.4) is 0 Å². The van der Waals surface area contributed by atoms with E-state index in [2.05, 4.69) is 10.9 Å². The van der Waals surface area contributed by atoms with E-state index >= 15 is 0 Å². The Balaban J connectivity index is 1.94. The first-order valence-corrected chi connectivity index (χ1v) is 5.69. The van der Waals surface area contributed by atoms with Crippen molar-refractivity contribution in [2.45, 2.75) is 6.54 Å². The van der Waals surface area contributed by atoms with Gasteiger partial charge >= 0.3 is 0 Å². The second kappa shape index (κ2) is 5.93. The molecule has 0 aliphatic rings. The predicted molar refractivity (Wildman–Crippen MR) is 71.6 cm³/mol. The maximum Gasteiger partial charge on any atom is 0.120 e. The lowest BCUT2D eigenvalue weighted by Gasteiger charge is -2.10. The quantitative estimate of drug-likeness (QED) is 0.707. The van der Waals surface area contributed by atoms with Gasteiger partial charge in [-0.25, -0.2) is 5.43 Å². The highest BCUT2D eigenvalue weighted by molar-refractivity contribution is 5.42. The van der Waals surface area contributed by atoms with Gasteiger partial charge in [-0.1, -0.05) is 18.2 Å². The van der Waals surface area contributed by atoms with Gasteiger partial charge in [-0.2, -0.15) is 0 Å². The Morgan fingerprint density at radius 1 is 1.11 bits per heavy atom. The van der Waals surface area contributed by atoms with Gasteiger partial charge < -0.3 is 15.3 Å². The third-order valence-corrected chi connectivity index (χ3v) is 2.57. The van der Waals surface area contributed by atoms with Gasteiger partial charge in [0.15, 0.2) is 0 Å². The van der Waals surface area contributed by atoms with Crippen LogP contribution in [0, 0.1) is 0 Å². The highest BCUT2D eigenvalue weighted by atomic mass is 16.5. The monoisotopic (exact) mass is 244 g/mol. The van der Waals surface area contributed by atoms with E-state index in [0.717, 1.165) is 17.0 Å². The van der Waals surface area contributed by atoms with Crippen LogP contribution in [-0.4, -0.2) is 12.2 Å². The summed E-state index contributed by atoms with van der Waals surface area (Å²) in [6, 6.07) is 14.9. The number of methoxy groups -OCH3 is 1. The van der Waals surface area contributed by atoms with E-state index in [-0.39, 0.29) is 5.75 Å². The van der Waals surface area contributed by atoms with Crippen molar-refractivity contribution in [1.82, 2.24) is 5.43 Å². The van der Waals surface area contributed by atoms with E-state index in [0.29, 0.717) is 6.54 Å². The molecule has 2 aromatic rings. The maximum absolute atomic E-state index is 9.70. The normalized spacial score (nSPS) is 10.1. The van der Waals surface area contributed by atoms with E-state index in [4.69, 9.17) is 4.74 Å². The van der Waals surface area contributed by atoms with E-state index in [9.17, 15) is 5.11 Å². The lowest BCUT2D eigenvalue weighted by atomic mass is 10.2. The molecule has 2 aromatic carbocycles. The number of ether oxygens (including phenoxy) is 1. The second-order valence-corrected chi connectivity index (χ2v) is 3.84. The first kappa shape index (κ1) is 12.3. The molecule has 94 valence electrons. The molecule has 18 heavy (non-hydrogen) atoms. The Hall–Kier alpha value is -2.20. The average Bonchev–Trinajstić information content (AvgIpc) is 2.42. The van der Waals surface area contributed by atoms with Crippen LogP contribution in [0.5, 0.6) is 11.5 Å². The molecule has 0 spiro atoms. The number of hydrazine groups is 1. The summed E-state index contributed by atoms with van der Waals surface area (Å²) in [5, 5.41) is 9.70. The fourth-order valence-corrected chi connectivity index (χ4v) is 1.59. The predicted octanol–water partition coefficient (Wildman–Crippen LogP) is 2.52. The molecular formula is C14H16N2O2. The lowest BCUT2D eigenvalue weighted by Crippen LogP contribution is -2.20. The molecule has 0 radical (unpaired) electrons. The van der Waals surface area contributed by atoms with Crippen LogP contribution in [0.2, 0.25) is 0 Å². The minimum atomic E-state index is 0.248. The lowest BCUT2D eigenvalue weighted by molar-refractivity contribution is 0.410. The van der Waals surface area contributed by atoms with Gasteiger partial charge in [-0.05, 0) is 30.3 Å². The SMILES string of the molecule is COc1ccc(O)c(CNNc2ccccc2)c1. The number of rotatable bonds is 5. The van der Waals surface area contributed by atoms with Crippen molar-refractivity contribution in [3.05, 3.63) is 54.1 Å². The number of phenolic OH excluding ortho intramolecular Hbond substituents is 1. The number of hydrogen-bond donors (Lipinski definition) is 3. The molecule has 4 nitrogen and oxygen atoms in total. The molecule has 0 saturated carbocycles. The van der Waals surface area contributed by atoms with Crippen molar-refractivity contribution in [2.75, 3.05) is 12.5 Å². The van der Waals surface area contributed by atoms with E-state index in [1.54, 1.807) is 25.3 Å².